The molecule has 0 heterocycles. The zero-order valence-electron chi connectivity index (χ0n) is 9.86. The molecule has 1 aliphatic carbocycles. The summed E-state index contributed by atoms with van der Waals surface area (Å²) in [6.45, 7) is 4.05. The first kappa shape index (κ1) is 11.0. The van der Waals surface area contributed by atoms with E-state index in [1.165, 1.54) is 11.1 Å². The highest BCUT2D eigenvalue weighted by atomic mass is 16.5. The van der Waals surface area contributed by atoms with E-state index < -0.39 is 0 Å². The summed E-state index contributed by atoms with van der Waals surface area (Å²) < 4.78 is 5.67. The Morgan fingerprint density at radius 2 is 2.25 bits per heavy atom. The number of aryl methyl sites for hydroxylation is 1. The third-order valence-electron chi connectivity index (χ3n) is 2.96. The molecule has 0 N–H and O–H groups in total. The van der Waals surface area contributed by atoms with Gasteiger partial charge in [0, 0.05) is 0 Å². The summed E-state index contributed by atoms with van der Waals surface area (Å²) in [4.78, 5) is 0. The molecule has 2 heteroatoms. The van der Waals surface area contributed by atoms with Gasteiger partial charge < -0.3 is 4.74 Å². The maximum absolute atomic E-state index is 9.07. The van der Waals surface area contributed by atoms with Crippen LogP contribution >= 0.6 is 0 Å². The molecule has 0 aliphatic heterocycles. The van der Waals surface area contributed by atoms with Crippen LogP contribution in [0.1, 0.15) is 43.7 Å². The second-order valence-electron chi connectivity index (χ2n) is 4.60. The highest BCUT2D eigenvalue weighted by Gasteiger charge is 2.20. The molecule has 84 valence electrons. The Morgan fingerprint density at radius 1 is 1.44 bits per heavy atom. The molecular formula is C14H17NO. The lowest BCUT2D eigenvalue weighted by Gasteiger charge is -2.21. The van der Waals surface area contributed by atoms with Gasteiger partial charge in [0.1, 0.15) is 5.75 Å². The van der Waals surface area contributed by atoms with Crippen LogP contribution in [0.5, 0.6) is 5.75 Å². The normalized spacial score (nSPS) is 19.0. The van der Waals surface area contributed by atoms with Crippen LogP contribution in [0.15, 0.2) is 18.2 Å². The fourth-order valence-electron chi connectivity index (χ4n) is 2.27. The summed E-state index contributed by atoms with van der Waals surface area (Å²) in [6.07, 6.45) is 3.38. The van der Waals surface area contributed by atoms with Crippen molar-refractivity contribution in [1.29, 1.82) is 5.26 Å². The van der Waals surface area contributed by atoms with Crippen molar-refractivity contribution < 1.29 is 4.74 Å². The molecule has 0 saturated carbocycles. The van der Waals surface area contributed by atoms with Crippen LogP contribution in [0.25, 0.3) is 0 Å². The lowest BCUT2D eigenvalue weighted by Crippen LogP contribution is -2.10. The summed E-state index contributed by atoms with van der Waals surface area (Å²) in [7, 11) is 0. The monoisotopic (exact) mass is 215 g/mol. The number of hydrogen-bond donors (Lipinski definition) is 0. The van der Waals surface area contributed by atoms with E-state index in [1.807, 2.05) is 19.9 Å². The highest BCUT2D eigenvalue weighted by Crippen LogP contribution is 2.33. The van der Waals surface area contributed by atoms with Crippen LogP contribution in [-0.4, -0.2) is 6.10 Å². The maximum Gasteiger partial charge on any atom is 0.119 e. The maximum atomic E-state index is 9.07. The molecule has 16 heavy (non-hydrogen) atoms. The van der Waals surface area contributed by atoms with Crippen molar-refractivity contribution >= 4 is 0 Å². The average Bonchev–Trinajstić information content (AvgIpc) is 2.27. The summed E-state index contributed by atoms with van der Waals surface area (Å²) in [5, 5.41) is 9.07. The van der Waals surface area contributed by atoms with Gasteiger partial charge in [0.2, 0.25) is 0 Å². The third-order valence-corrected chi connectivity index (χ3v) is 2.96. The summed E-state index contributed by atoms with van der Waals surface area (Å²) in [5.74, 6) is 1.00. The molecule has 2 nitrogen and oxygen atoms in total. The Bertz CT molecular complexity index is 417. The van der Waals surface area contributed by atoms with Crippen molar-refractivity contribution in [3.05, 3.63) is 29.3 Å². The molecular weight excluding hydrogens is 198 g/mol. The van der Waals surface area contributed by atoms with E-state index in [0.29, 0.717) is 0 Å². The van der Waals surface area contributed by atoms with Crippen LogP contribution in [0.4, 0.5) is 0 Å². The lowest BCUT2D eigenvalue weighted by molar-refractivity contribution is 0.242. The fraction of sp³-hybridized carbons (Fsp3) is 0.500. The van der Waals surface area contributed by atoms with E-state index in [1.54, 1.807) is 0 Å². The van der Waals surface area contributed by atoms with E-state index in [0.717, 1.165) is 25.0 Å². The smallest absolute Gasteiger partial charge is 0.119 e. The Balaban J connectivity index is 2.29. The standard InChI is InChI=1S/C14H17NO/c1-10(2)16-13-6-7-14-11(8-13)4-3-5-12(14)9-15/h6-8,10,12H,3-5H2,1-2H3. The summed E-state index contributed by atoms with van der Waals surface area (Å²) in [5.41, 5.74) is 2.49. The Labute approximate surface area is 96.9 Å². The van der Waals surface area contributed by atoms with Gasteiger partial charge in [-0.2, -0.15) is 5.26 Å². The fourth-order valence-corrected chi connectivity index (χ4v) is 2.27. The Morgan fingerprint density at radius 3 is 2.94 bits per heavy atom. The van der Waals surface area contributed by atoms with Crippen molar-refractivity contribution in [3.63, 3.8) is 0 Å². The van der Waals surface area contributed by atoms with E-state index in [-0.39, 0.29) is 12.0 Å². The molecule has 0 fully saturated rings. The number of hydrogen-bond acceptors (Lipinski definition) is 2. The molecule has 2 rings (SSSR count). The van der Waals surface area contributed by atoms with Crippen molar-refractivity contribution in [2.75, 3.05) is 0 Å². The van der Waals surface area contributed by atoms with Gasteiger partial charge in [-0.25, -0.2) is 0 Å². The molecule has 1 aromatic carbocycles. The van der Waals surface area contributed by atoms with Crippen LogP contribution in [0, 0.1) is 11.3 Å². The molecule has 0 bridgehead atoms. The number of benzene rings is 1. The quantitative estimate of drug-likeness (QED) is 0.757. The molecule has 1 atom stereocenters. The first-order valence-corrected chi connectivity index (χ1v) is 5.90. The molecule has 0 saturated heterocycles. The molecule has 0 amide bonds. The molecule has 1 aromatic rings. The number of nitriles is 1. The van der Waals surface area contributed by atoms with Crippen molar-refractivity contribution in [2.45, 2.75) is 45.1 Å². The minimum absolute atomic E-state index is 0.0804. The Hall–Kier alpha value is -1.49. The number of fused-ring (bicyclic) bond motifs is 1. The first-order valence-electron chi connectivity index (χ1n) is 5.90. The number of rotatable bonds is 2. The predicted molar refractivity (Wildman–Crippen MR) is 63.5 cm³/mol. The van der Waals surface area contributed by atoms with E-state index >= 15 is 0 Å². The van der Waals surface area contributed by atoms with E-state index in [9.17, 15) is 0 Å². The lowest BCUT2D eigenvalue weighted by atomic mass is 9.83. The molecule has 0 aromatic heterocycles. The Kier molecular flexibility index (Phi) is 3.14. The van der Waals surface area contributed by atoms with E-state index in [2.05, 4.69) is 18.2 Å². The minimum atomic E-state index is 0.0804. The van der Waals surface area contributed by atoms with E-state index in [4.69, 9.17) is 10.00 Å². The number of nitrogens with zero attached hydrogens (tertiary/aromatic N) is 1. The van der Waals surface area contributed by atoms with Gasteiger partial charge in [0.25, 0.3) is 0 Å². The van der Waals surface area contributed by atoms with Gasteiger partial charge >= 0.3 is 0 Å². The van der Waals surface area contributed by atoms with Crippen LogP contribution < -0.4 is 4.74 Å². The molecule has 1 unspecified atom stereocenters. The molecule has 1 aliphatic rings. The van der Waals surface area contributed by atoms with Crippen molar-refractivity contribution in [2.24, 2.45) is 0 Å². The zero-order chi connectivity index (χ0) is 11.5. The first-order chi connectivity index (χ1) is 7.70. The predicted octanol–water partition coefficient (Wildman–Crippen LogP) is 3.42. The SMILES string of the molecule is CC(C)Oc1ccc2c(c1)CCCC2C#N. The van der Waals surface area contributed by atoms with Gasteiger partial charge in [0.15, 0.2) is 0 Å². The van der Waals surface area contributed by atoms with Crippen molar-refractivity contribution in [3.8, 4) is 11.8 Å². The zero-order valence-corrected chi connectivity index (χ0v) is 9.86. The highest BCUT2D eigenvalue weighted by molar-refractivity contribution is 5.41. The van der Waals surface area contributed by atoms with Gasteiger partial charge in [-0.3, -0.25) is 0 Å². The molecule has 0 radical (unpaired) electrons. The van der Waals surface area contributed by atoms with Crippen LogP contribution in [0.2, 0.25) is 0 Å². The largest absolute Gasteiger partial charge is 0.491 e. The van der Waals surface area contributed by atoms with Gasteiger partial charge in [-0.05, 0) is 56.4 Å². The minimum Gasteiger partial charge on any atom is -0.491 e. The number of ether oxygens (including phenoxy) is 1. The van der Waals surface area contributed by atoms with Gasteiger partial charge in [-0.15, -0.1) is 0 Å². The van der Waals surface area contributed by atoms with Crippen LogP contribution in [-0.2, 0) is 6.42 Å². The average molecular weight is 215 g/mol. The van der Waals surface area contributed by atoms with Gasteiger partial charge in [-0.1, -0.05) is 6.07 Å². The second kappa shape index (κ2) is 4.57. The summed E-state index contributed by atoms with van der Waals surface area (Å²) in [6, 6.07) is 8.51. The van der Waals surface area contributed by atoms with Crippen LogP contribution in [0.3, 0.4) is 0 Å². The third kappa shape index (κ3) is 2.19. The molecule has 0 spiro atoms. The topological polar surface area (TPSA) is 33.0 Å². The van der Waals surface area contributed by atoms with Gasteiger partial charge in [0.05, 0.1) is 18.1 Å². The summed E-state index contributed by atoms with van der Waals surface area (Å²) >= 11 is 0. The second-order valence-corrected chi connectivity index (χ2v) is 4.60. The van der Waals surface area contributed by atoms with Crippen molar-refractivity contribution in [1.82, 2.24) is 0 Å².